The van der Waals surface area contributed by atoms with Crippen molar-refractivity contribution in [2.45, 2.75) is 30.5 Å². The molecular formula is C7H14O7. The van der Waals surface area contributed by atoms with Crippen LogP contribution >= 0.6 is 0 Å². The molecule has 5 atom stereocenters. The Balaban J connectivity index is 4.29. The third-order valence-corrected chi connectivity index (χ3v) is 1.77. The van der Waals surface area contributed by atoms with Crippen LogP contribution in [0.5, 0.6) is 0 Å². The summed E-state index contributed by atoms with van der Waals surface area (Å²) in [6.45, 7) is -0.817. The third kappa shape index (κ3) is 3.29. The van der Waals surface area contributed by atoms with Gasteiger partial charge < -0.3 is 35.4 Å². The molecule has 0 unspecified atom stereocenters. The molecule has 0 saturated carbocycles. The molecule has 0 bridgehead atoms. The molecule has 0 spiro atoms. The topological polar surface area (TPSA) is 138 Å². The van der Waals surface area contributed by atoms with E-state index in [1.54, 1.807) is 0 Å². The predicted octanol–water partition coefficient (Wildman–Crippen LogP) is -4.02. The van der Waals surface area contributed by atoms with Crippen molar-refractivity contribution in [3.63, 3.8) is 0 Å². The first kappa shape index (κ1) is 13.4. The van der Waals surface area contributed by atoms with Crippen molar-refractivity contribution in [3.05, 3.63) is 0 Å². The molecule has 7 heteroatoms. The van der Waals surface area contributed by atoms with Crippen molar-refractivity contribution in [2.24, 2.45) is 0 Å². The van der Waals surface area contributed by atoms with Gasteiger partial charge in [-0.15, -0.1) is 0 Å². The number of rotatable bonds is 6. The van der Waals surface area contributed by atoms with E-state index in [4.69, 9.17) is 30.6 Å². The van der Waals surface area contributed by atoms with E-state index >= 15 is 0 Å². The van der Waals surface area contributed by atoms with Crippen LogP contribution in [0.4, 0.5) is 0 Å². The quantitative estimate of drug-likeness (QED) is 0.245. The van der Waals surface area contributed by atoms with Gasteiger partial charge in [-0.05, 0) is 0 Å². The maximum atomic E-state index is 10.00. The van der Waals surface area contributed by atoms with Crippen molar-refractivity contribution in [2.75, 3.05) is 6.61 Å². The highest BCUT2D eigenvalue weighted by Gasteiger charge is 2.33. The second-order valence-electron chi connectivity index (χ2n) is 2.85. The molecule has 0 aromatic carbocycles. The molecule has 7 nitrogen and oxygen atoms in total. The first-order chi connectivity index (χ1) is 6.45. The first-order valence-corrected chi connectivity index (χ1v) is 3.92. The SMILES string of the molecule is O=C[C@@H](O)[C@H](O)[C@H](O)[C@H](O)[C@H](O)CO. The Kier molecular flexibility index (Phi) is 5.77. The van der Waals surface area contributed by atoms with Gasteiger partial charge in [0, 0.05) is 0 Å². The summed E-state index contributed by atoms with van der Waals surface area (Å²) in [4.78, 5) is 10.00. The number of hydrogen-bond donors (Lipinski definition) is 6. The van der Waals surface area contributed by atoms with Crippen LogP contribution in [-0.4, -0.2) is 74.1 Å². The van der Waals surface area contributed by atoms with Crippen molar-refractivity contribution in [3.8, 4) is 0 Å². The lowest BCUT2D eigenvalue weighted by Crippen LogP contribution is -2.50. The second-order valence-corrected chi connectivity index (χ2v) is 2.85. The lowest BCUT2D eigenvalue weighted by Gasteiger charge is -2.26. The molecule has 0 aromatic rings. The fourth-order valence-corrected chi connectivity index (χ4v) is 0.820. The summed E-state index contributed by atoms with van der Waals surface area (Å²) >= 11 is 0. The monoisotopic (exact) mass is 210 g/mol. The molecule has 0 aliphatic carbocycles. The fraction of sp³-hybridized carbons (Fsp3) is 0.857. The minimum Gasteiger partial charge on any atom is -0.394 e. The van der Waals surface area contributed by atoms with E-state index in [9.17, 15) is 4.79 Å². The number of aliphatic hydroxyl groups excluding tert-OH is 6. The highest BCUT2D eigenvalue weighted by molar-refractivity contribution is 5.56. The van der Waals surface area contributed by atoms with Crippen LogP contribution in [0.15, 0.2) is 0 Å². The zero-order valence-corrected chi connectivity index (χ0v) is 7.26. The van der Waals surface area contributed by atoms with Crippen LogP contribution in [0.1, 0.15) is 0 Å². The Labute approximate surface area is 79.9 Å². The van der Waals surface area contributed by atoms with Gasteiger partial charge in [0.05, 0.1) is 6.61 Å². The largest absolute Gasteiger partial charge is 0.394 e. The Hall–Kier alpha value is -0.570. The molecule has 0 radical (unpaired) electrons. The van der Waals surface area contributed by atoms with Gasteiger partial charge in [0.25, 0.3) is 0 Å². The first-order valence-electron chi connectivity index (χ1n) is 3.92. The standard InChI is InChI=1S/C7H14O7/c8-1-3(10)5(12)7(14)6(13)4(11)2-9/h1,3-7,9-14H,2H2/t3-,4-,5+,6-,7+/m1/s1. The van der Waals surface area contributed by atoms with Gasteiger partial charge in [-0.25, -0.2) is 0 Å². The molecule has 0 aromatic heterocycles. The molecule has 0 aliphatic heterocycles. The Morgan fingerprint density at radius 2 is 1.43 bits per heavy atom. The van der Waals surface area contributed by atoms with Crippen molar-refractivity contribution < 1.29 is 35.4 Å². The van der Waals surface area contributed by atoms with Gasteiger partial charge in [-0.1, -0.05) is 0 Å². The summed E-state index contributed by atoms with van der Waals surface area (Å²) in [7, 11) is 0. The zero-order chi connectivity index (χ0) is 11.3. The smallest absolute Gasteiger partial charge is 0.151 e. The van der Waals surface area contributed by atoms with Crippen molar-refractivity contribution >= 4 is 6.29 Å². The number of aliphatic hydroxyl groups is 6. The molecular weight excluding hydrogens is 196 g/mol. The number of aldehydes is 1. The van der Waals surface area contributed by atoms with Crippen molar-refractivity contribution in [1.29, 1.82) is 0 Å². The normalized spacial score (nSPS) is 22.1. The Bertz CT molecular complexity index is 173. The van der Waals surface area contributed by atoms with Crippen molar-refractivity contribution in [1.82, 2.24) is 0 Å². The fourth-order valence-electron chi connectivity index (χ4n) is 0.820. The summed E-state index contributed by atoms with van der Waals surface area (Å²) < 4.78 is 0. The lowest BCUT2D eigenvalue weighted by atomic mass is 10.0. The molecule has 0 saturated heterocycles. The van der Waals surface area contributed by atoms with Crippen LogP contribution in [0.3, 0.4) is 0 Å². The maximum Gasteiger partial charge on any atom is 0.151 e. The Morgan fingerprint density at radius 1 is 0.929 bits per heavy atom. The number of carbonyl (C=O) groups is 1. The van der Waals surface area contributed by atoms with Crippen LogP contribution in [0.2, 0.25) is 0 Å². The molecule has 0 aliphatic rings. The average Bonchev–Trinajstić information content (AvgIpc) is 2.23. The summed E-state index contributed by atoms with van der Waals surface area (Å²) in [6.07, 6.45) is -9.21. The summed E-state index contributed by atoms with van der Waals surface area (Å²) in [5.74, 6) is 0. The molecule has 0 heterocycles. The van der Waals surface area contributed by atoms with E-state index in [1.165, 1.54) is 0 Å². The number of carbonyl (C=O) groups excluding carboxylic acids is 1. The molecule has 0 rings (SSSR count). The summed E-state index contributed by atoms with van der Waals surface area (Å²) in [5, 5.41) is 53.2. The van der Waals surface area contributed by atoms with Gasteiger partial charge in [0.15, 0.2) is 6.29 Å². The predicted molar refractivity (Wildman–Crippen MR) is 43.2 cm³/mol. The minimum atomic E-state index is -1.92. The van der Waals surface area contributed by atoms with Gasteiger partial charge in [0.2, 0.25) is 0 Å². The van der Waals surface area contributed by atoms with Gasteiger partial charge in [-0.3, -0.25) is 0 Å². The van der Waals surface area contributed by atoms with E-state index in [0.29, 0.717) is 0 Å². The number of hydrogen-bond acceptors (Lipinski definition) is 7. The van der Waals surface area contributed by atoms with Crippen LogP contribution < -0.4 is 0 Å². The van der Waals surface area contributed by atoms with Gasteiger partial charge in [-0.2, -0.15) is 0 Å². The summed E-state index contributed by atoms with van der Waals surface area (Å²) in [5.41, 5.74) is 0. The van der Waals surface area contributed by atoms with E-state index < -0.39 is 37.1 Å². The van der Waals surface area contributed by atoms with E-state index in [2.05, 4.69) is 0 Å². The van der Waals surface area contributed by atoms with Crippen LogP contribution in [-0.2, 0) is 4.79 Å². The second kappa shape index (κ2) is 6.02. The van der Waals surface area contributed by atoms with Gasteiger partial charge >= 0.3 is 0 Å². The van der Waals surface area contributed by atoms with E-state index in [-0.39, 0.29) is 6.29 Å². The lowest BCUT2D eigenvalue weighted by molar-refractivity contribution is -0.147. The maximum absolute atomic E-state index is 10.00. The molecule has 14 heavy (non-hydrogen) atoms. The Morgan fingerprint density at radius 3 is 1.79 bits per heavy atom. The summed E-state index contributed by atoms with van der Waals surface area (Å²) in [6, 6.07) is 0. The van der Waals surface area contributed by atoms with Crippen LogP contribution in [0.25, 0.3) is 0 Å². The molecule has 84 valence electrons. The molecule has 6 N–H and O–H groups in total. The third-order valence-electron chi connectivity index (χ3n) is 1.77. The van der Waals surface area contributed by atoms with E-state index in [0.717, 1.165) is 0 Å². The molecule has 0 fully saturated rings. The van der Waals surface area contributed by atoms with Crippen LogP contribution in [0, 0.1) is 0 Å². The molecule has 0 amide bonds. The van der Waals surface area contributed by atoms with E-state index in [1.807, 2.05) is 0 Å². The highest BCUT2D eigenvalue weighted by Crippen LogP contribution is 2.07. The zero-order valence-electron chi connectivity index (χ0n) is 7.26. The highest BCUT2D eigenvalue weighted by atomic mass is 16.4. The minimum absolute atomic E-state index is 0.0219. The van der Waals surface area contributed by atoms with Gasteiger partial charge in [0.1, 0.15) is 30.5 Å². The average molecular weight is 210 g/mol.